The molecular weight excluding hydrogens is 244 g/mol. The molecule has 1 amide bonds. The molecule has 1 N–H and O–H groups in total. The molecule has 98 valence electrons. The van der Waals surface area contributed by atoms with Crippen LogP contribution in [0.3, 0.4) is 0 Å². The summed E-state index contributed by atoms with van der Waals surface area (Å²) < 4.78 is 32.6. The van der Waals surface area contributed by atoms with Gasteiger partial charge in [0.2, 0.25) is 0 Å². The number of benzene rings is 1. The van der Waals surface area contributed by atoms with Crippen molar-refractivity contribution in [2.24, 2.45) is 0 Å². The summed E-state index contributed by atoms with van der Waals surface area (Å²) in [5.41, 5.74) is -0.380. The van der Waals surface area contributed by atoms with Crippen LogP contribution in [0.1, 0.15) is 5.56 Å². The number of nitrogens with zero attached hydrogens (tertiary/aromatic N) is 1. The average molecular weight is 257 g/mol. The largest absolute Gasteiger partial charge is 0.497 e. The summed E-state index contributed by atoms with van der Waals surface area (Å²) in [7, 11) is 1.43. The standard InChI is InChI=1S/C12H13F2NO3/c1-18-10-4-2-8(3-5-10)12(13,14)11(17)15-6-9(16)7-15/h2-5,9,16H,6-7H2,1H3. The SMILES string of the molecule is COc1ccc(C(F)(F)C(=O)N2CC(O)C2)cc1. The highest BCUT2D eigenvalue weighted by molar-refractivity contribution is 5.85. The molecule has 6 heteroatoms. The third kappa shape index (κ3) is 2.15. The fraction of sp³-hybridized carbons (Fsp3) is 0.417. The lowest BCUT2D eigenvalue weighted by atomic mass is 10.0. The Labute approximate surface area is 103 Å². The minimum absolute atomic E-state index is 0.0371. The second kappa shape index (κ2) is 4.53. The number of carbonyl (C=O) groups excluding carboxylic acids is 1. The number of likely N-dealkylation sites (tertiary alicyclic amines) is 1. The van der Waals surface area contributed by atoms with Crippen molar-refractivity contribution in [1.82, 2.24) is 4.90 Å². The number of ether oxygens (including phenoxy) is 1. The summed E-state index contributed by atoms with van der Waals surface area (Å²) in [5, 5.41) is 9.02. The predicted octanol–water partition coefficient (Wildman–Crippen LogP) is 0.990. The first kappa shape index (κ1) is 12.8. The van der Waals surface area contributed by atoms with E-state index in [-0.39, 0.29) is 18.7 Å². The van der Waals surface area contributed by atoms with Crippen LogP contribution < -0.4 is 4.74 Å². The number of alkyl halides is 2. The molecule has 1 fully saturated rings. The quantitative estimate of drug-likeness (QED) is 0.878. The molecule has 4 nitrogen and oxygen atoms in total. The Hall–Kier alpha value is -1.69. The molecule has 1 aromatic carbocycles. The van der Waals surface area contributed by atoms with Gasteiger partial charge in [0.1, 0.15) is 5.75 Å². The molecule has 0 aliphatic carbocycles. The Bertz CT molecular complexity index is 441. The molecule has 1 aliphatic rings. The van der Waals surface area contributed by atoms with Crippen LogP contribution in [-0.4, -0.2) is 42.2 Å². The third-order valence-electron chi connectivity index (χ3n) is 2.87. The van der Waals surface area contributed by atoms with E-state index in [4.69, 9.17) is 9.84 Å². The van der Waals surface area contributed by atoms with Gasteiger partial charge in [-0.25, -0.2) is 0 Å². The van der Waals surface area contributed by atoms with Gasteiger partial charge in [-0.2, -0.15) is 8.78 Å². The van der Waals surface area contributed by atoms with E-state index in [0.717, 1.165) is 17.0 Å². The number of aliphatic hydroxyl groups is 1. The lowest BCUT2D eigenvalue weighted by molar-refractivity contribution is -0.169. The van der Waals surface area contributed by atoms with Crippen LogP contribution in [0.25, 0.3) is 0 Å². The maximum absolute atomic E-state index is 13.9. The molecule has 1 saturated heterocycles. The summed E-state index contributed by atoms with van der Waals surface area (Å²) in [6, 6.07) is 5.07. The fourth-order valence-electron chi connectivity index (χ4n) is 1.74. The molecule has 1 aromatic rings. The summed E-state index contributed by atoms with van der Waals surface area (Å²) >= 11 is 0. The van der Waals surface area contributed by atoms with Crippen molar-refractivity contribution >= 4 is 5.91 Å². The molecule has 18 heavy (non-hydrogen) atoms. The molecule has 1 heterocycles. The van der Waals surface area contributed by atoms with Gasteiger partial charge in [-0.15, -0.1) is 0 Å². The molecule has 0 aromatic heterocycles. The Balaban J connectivity index is 2.15. The number of rotatable bonds is 3. The van der Waals surface area contributed by atoms with Crippen molar-refractivity contribution in [2.75, 3.05) is 20.2 Å². The first-order chi connectivity index (χ1) is 8.45. The highest BCUT2D eigenvalue weighted by Gasteiger charge is 2.47. The van der Waals surface area contributed by atoms with Crippen LogP contribution >= 0.6 is 0 Å². The highest BCUT2D eigenvalue weighted by atomic mass is 19.3. The molecule has 2 rings (SSSR count). The number of aliphatic hydroxyl groups excluding tert-OH is 1. The van der Waals surface area contributed by atoms with E-state index in [0.29, 0.717) is 5.75 Å². The highest BCUT2D eigenvalue weighted by Crippen LogP contribution is 2.32. The molecular formula is C12H13F2NO3. The number of halogens is 2. The predicted molar refractivity (Wildman–Crippen MR) is 59.5 cm³/mol. The molecule has 0 spiro atoms. The van der Waals surface area contributed by atoms with E-state index < -0.39 is 17.9 Å². The van der Waals surface area contributed by atoms with Crippen LogP contribution in [0.4, 0.5) is 8.78 Å². The van der Waals surface area contributed by atoms with Gasteiger partial charge in [0.05, 0.1) is 13.2 Å². The number of hydrogen-bond acceptors (Lipinski definition) is 3. The molecule has 0 radical (unpaired) electrons. The van der Waals surface area contributed by atoms with Crippen molar-refractivity contribution in [1.29, 1.82) is 0 Å². The molecule has 0 unspecified atom stereocenters. The zero-order chi connectivity index (χ0) is 13.3. The minimum atomic E-state index is -3.58. The van der Waals surface area contributed by atoms with E-state index in [1.54, 1.807) is 0 Å². The Morgan fingerprint density at radius 2 is 1.94 bits per heavy atom. The number of hydrogen-bond donors (Lipinski definition) is 1. The number of carbonyl (C=O) groups is 1. The van der Waals surface area contributed by atoms with Gasteiger partial charge in [-0.05, 0) is 24.3 Å². The zero-order valence-electron chi connectivity index (χ0n) is 9.77. The topological polar surface area (TPSA) is 49.8 Å². The van der Waals surface area contributed by atoms with Crippen LogP contribution in [0.15, 0.2) is 24.3 Å². The van der Waals surface area contributed by atoms with E-state index in [9.17, 15) is 13.6 Å². The molecule has 1 aliphatic heterocycles. The minimum Gasteiger partial charge on any atom is -0.497 e. The normalized spacial score (nSPS) is 16.3. The first-order valence-electron chi connectivity index (χ1n) is 5.45. The third-order valence-corrected chi connectivity index (χ3v) is 2.87. The first-order valence-corrected chi connectivity index (χ1v) is 5.45. The Morgan fingerprint density at radius 1 is 1.39 bits per heavy atom. The zero-order valence-corrected chi connectivity index (χ0v) is 9.77. The smallest absolute Gasteiger partial charge is 0.349 e. The lowest BCUT2D eigenvalue weighted by Gasteiger charge is -2.37. The van der Waals surface area contributed by atoms with Gasteiger partial charge in [-0.3, -0.25) is 4.79 Å². The molecule has 0 saturated carbocycles. The van der Waals surface area contributed by atoms with Gasteiger partial charge < -0.3 is 14.7 Å². The van der Waals surface area contributed by atoms with Gasteiger partial charge in [0.25, 0.3) is 5.91 Å². The summed E-state index contributed by atoms with van der Waals surface area (Å²) in [6.07, 6.45) is -0.694. The maximum Gasteiger partial charge on any atom is 0.349 e. The maximum atomic E-state index is 13.9. The number of methoxy groups -OCH3 is 1. The van der Waals surface area contributed by atoms with E-state index >= 15 is 0 Å². The van der Waals surface area contributed by atoms with Crippen LogP contribution in [0.2, 0.25) is 0 Å². The molecule has 0 bridgehead atoms. The van der Waals surface area contributed by atoms with E-state index in [2.05, 4.69) is 0 Å². The summed E-state index contributed by atoms with van der Waals surface area (Å²) in [4.78, 5) is 12.5. The van der Waals surface area contributed by atoms with Gasteiger partial charge in [0, 0.05) is 18.7 Å². The van der Waals surface area contributed by atoms with Crippen LogP contribution in [0, 0.1) is 0 Å². The van der Waals surface area contributed by atoms with Gasteiger partial charge >= 0.3 is 5.92 Å². The second-order valence-electron chi connectivity index (χ2n) is 4.17. The summed E-state index contributed by atoms with van der Waals surface area (Å²) in [6.45, 7) is -0.0742. The number of β-amino-alcohol motifs (C(OH)–C–C–N with tert-alkyl or cyclic N) is 1. The Kier molecular flexibility index (Phi) is 3.21. The van der Waals surface area contributed by atoms with E-state index in [1.165, 1.54) is 19.2 Å². The van der Waals surface area contributed by atoms with E-state index in [1.807, 2.05) is 0 Å². The monoisotopic (exact) mass is 257 g/mol. The van der Waals surface area contributed by atoms with Crippen molar-refractivity contribution in [3.8, 4) is 5.75 Å². The lowest BCUT2D eigenvalue weighted by Crippen LogP contribution is -2.57. The van der Waals surface area contributed by atoms with Gasteiger partial charge in [-0.1, -0.05) is 0 Å². The number of amides is 1. The fourth-order valence-corrected chi connectivity index (χ4v) is 1.74. The van der Waals surface area contributed by atoms with Crippen molar-refractivity contribution in [2.45, 2.75) is 12.0 Å². The van der Waals surface area contributed by atoms with Crippen LogP contribution in [-0.2, 0) is 10.7 Å². The molecule has 0 atom stereocenters. The van der Waals surface area contributed by atoms with Crippen molar-refractivity contribution < 1.29 is 23.4 Å². The van der Waals surface area contributed by atoms with Crippen molar-refractivity contribution in [3.63, 3.8) is 0 Å². The second-order valence-corrected chi connectivity index (χ2v) is 4.17. The summed E-state index contributed by atoms with van der Waals surface area (Å²) in [5.74, 6) is -4.41. The van der Waals surface area contributed by atoms with Gasteiger partial charge in [0.15, 0.2) is 0 Å². The Morgan fingerprint density at radius 3 is 2.39 bits per heavy atom. The van der Waals surface area contributed by atoms with Crippen molar-refractivity contribution in [3.05, 3.63) is 29.8 Å². The average Bonchev–Trinajstić information content (AvgIpc) is 2.34. The van der Waals surface area contributed by atoms with Crippen LogP contribution in [0.5, 0.6) is 5.75 Å².